The molecule has 0 saturated carbocycles. The zero-order valence-corrected chi connectivity index (χ0v) is 18.5. The molecule has 1 unspecified atom stereocenters. The Morgan fingerprint density at radius 1 is 0.818 bits per heavy atom. The molecule has 0 radical (unpaired) electrons. The minimum absolute atomic E-state index is 0.0186. The van der Waals surface area contributed by atoms with Gasteiger partial charge in [-0.2, -0.15) is 0 Å². The monoisotopic (exact) mass is 444 g/mol. The number of rotatable bonds is 2. The van der Waals surface area contributed by atoms with Gasteiger partial charge in [-0.15, -0.1) is 0 Å². The van der Waals surface area contributed by atoms with Gasteiger partial charge >= 0.3 is 0 Å². The van der Waals surface area contributed by atoms with Crippen LogP contribution in [-0.2, 0) is 0 Å². The number of aromatic nitrogens is 2. The van der Waals surface area contributed by atoms with Gasteiger partial charge < -0.3 is 15.5 Å². The van der Waals surface area contributed by atoms with Crippen LogP contribution in [0.5, 0.6) is 11.5 Å². The highest BCUT2D eigenvalue weighted by Crippen LogP contribution is 2.24. The third kappa shape index (κ3) is 5.68. The van der Waals surface area contributed by atoms with Crippen LogP contribution in [0.15, 0.2) is 81.2 Å². The lowest BCUT2D eigenvalue weighted by Crippen LogP contribution is -2.26. The van der Waals surface area contributed by atoms with Gasteiger partial charge in [-0.1, -0.05) is 36.4 Å². The summed E-state index contributed by atoms with van der Waals surface area (Å²) in [7, 11) is 0. The number of allylic oxidation sites excluding steroid dienone is 2. The fourth-order valence-electron chi connectivity index (χ4n) is 3.14. The smallest absolute Gasteiger partial charge is 0.220 e. The van der Waals surface area contributed by atoms with Crippen LogP contribution in [0, 0.1) is 6.92 Å². The normalized spacial score (nSPS) is 14.7. The first-order valence-electron chi connectivity index (χ1n) is 10.2. The lowest BCUT2D eigenvalue weighted by molar-refractivity contribution is 0.469. The Hall–Kier alpha value is -4.33. The van der Waals surface area contributed by atoms with Crippen LogP contribution in [-0.4, -0.2) is 32.6 Å². The van der Waals surface area contributed by atoms with Gasteiger partial charge in [0.2, 0.25) is 10.9 Å². The van der Waals surface area contributed by atoms with Crippen LogP contribution in [0.1, 0.15) is 25.2 Å². The highest BCUT2D eigenvalue weighted by Gasteiger charge is 2.14. The van der Waals surface area contributed by atoms with Gasteiger partial charge in [0, 0.05) is 46.6 Å². The Labute approximate surface area is 190 Å². The van der Waals surface area contributed by atoms with Crippen LogP contribution >= 0.6 is 0 Å². The largest absolute Gasteiger partial charge is 0.504 e. The summed E-state index contributed by atoms with van der Waals surface area (Å²) in [5, 5.41) is 22.7. The van der Waals surface area contributed by atoms with Gasteiger partial charge in [-0.05, 0) is 32.9 Å². The third-order valence-corrected chi connectivity index (χ3v) is 4.86. The van der Waals surface area contributed by atoms with Crippen molar-refractivity contribution in [2.45, 2.75) is 26.9 Å². The number of hydrogen-bond donors (Lipinski definition) is 3. The zero-order chi connectivity index (χ0) is 24.0. The summed E-state index contributed by atoms with van der Waals surface area (Å²) < 4.78 is 0. The van der Waals surface area contributed by atoms with Crippen LogP contribution in [0.4, 0.5) is 0 Å². The van der Waals surface area contributed by atoms with E-state index in [2.05, 4.69) is 20.3 Å². The second-order valence-corrected chi connectivity index (χ2v) is 7.35. The Morgan fingerprint density at radius 3 is 1.91 bits per heavy atom. The molecule has 1 atom stereocenters. The second-order valence-electron chi connectivity index (χ2n) is 7.35. The number of hydrogen-bond acceptors (Lipinski definition) is 8. The summed E-state index contributed by atoms with van der Waals surface area (Å²) >= 11 is 0. The molecule has 3 N–H and O–H groups in total. The first-order chi connectivity index (χ1) is 15.8. The maximum atomic E-state index is 11.5. The van der Waals surface area contributed by atoms with E-state index in [4.69, 9.17) is 0 Å². The molecule has 1 aliphatic heterocycles. The summed E-state index contributed by atoms with van der Waals surface area (Å²) in [6.07, 6.45) is 4.86. The first kappa shape index (κ1) is 23.3. The van der Waals surface area contributed by atoms with Crippen molar-refractivity contribution in [1.82, 2.24) is 15.3 Å². The van der Waals surface area contributed by atoms with E-state index >= 15 is 0 Å². The number of aliphatic imine (C=N–C) groups is 1. The van der Waals surface area contributed by atoms with Crippen LogP contribution in [0.2, 0.25) is 0 Å². The van der Waals surface area contributed by atoms with Gasteiger partial charge in [0.25, 0.3) is 0 Å². The zero-order valence-electron chi connectivity index (χ0n) is 18.5. The number of nitrogens with one attached hydrogen (secondary N) is 1. The van der Waals surface area contributed by atoms with E-state index in [1.807, 2.05) is 13.8 Å². The van der Waals surface area contributed by atoms with E-state index in [0.717, 1.165) is 11.3 Å². The number of nitrogens with zero attached hydrogens (tertiary/aromatic N) is 3. The molecule has 1 aromatic heterocycles. The Morgan fingerprint density at radius 2 is 1.33 bits per heavy atom. The molecule has 2 aromatic carbocycles. The molecule has 0 bridgehead atoms. The maximum Gasteiger partial charge on any atom is 0.220 e. The Balaban J connectivity index is 0.000000186. The van der Waals surface area contributed by atoms with Gasteiger partial charge in [0.1, 0.15) is 12.0 Å². The molecule has 168 valence electrons. The van der Waals surface area contributed by atoms with Crippen molar-refractivity contribution in [3.63, 3.8) is 0 Å². The van der Waals surface area contributed by atoms with E-state index in [1.165, 1.54) is 12.1 Å². The van der Waals surface area contributed by atoms with Crippen molar-refractivity contribution >= 4 is 11.8 Å². The van der Waals surface area contributed by atoms with Crippen LogP contribution in [0.25, 0.3) is 16.7 Å². The molecule has 1 aliphatic rings. The minimum Gasteiger partial charge on any atom is -0.504 e. The molecule has 0 aliphatic carbocycles. The molecule has 33 heavy (non-hydrogen) atoms. The van der Waals surface area contributed by atoms with Gasteiger partial charge in [-0.3, -0.25) is 14.6 Å². The fraction of sp³-hybridized carbons (Fsp3) is 0.160. The van der Waals surface area contributed by atoms with Crippen molar-refractivity contribution in [1.29, 1.82) is 0 Å². The number of aryl methyl sites for hydroxylation is 1. The van der Waals surface area contributed by atoms with Crippen molar-refractivity contribution in [2.24, 2.45) is 4.99 Å². The average Bonchev–Trinajstić information content (AvgIpc) is 3.06. The molecule has 8 nitrogen and oxygen atoms in total. The molecule has 3 aromatic rings. The average molecular weight is 444 g/mol. The van der Waals surface area contributed by atoms with Crippen LogP contribution in [0.3, 0.4) is 0 Å². The highest BCUT2D eigenvalue weighted by atomic mass is 16.3. The first-order valence-corrected chi connectivity index (χ1v) is 10.2. The summed E-state index contributed by atoms with van der Waals surface area (Å²) in [6, 6.07) is 12.6. The quantitative estimate of drug-likeness (QED) is 0.555. The molecule has 0 amide bonds. The van der Waals surface area contributed by atoms with E-state index in [-0.39, 0.29) is 17.7 Å². The molecule has 8 heteroatoms. The standard InChI is InChI=1S/C13H14N2O2.C12H10N2O2/c1-8-11(7-14-9(2)15-8)10-5-3-4-6-12(16)13(10)17;1-8-13-6-9(7-14-8)10-4-2-3-5-11(15)12(10)16/h3-7,9,15H,1-2H3,(H,16,17);2-7H,1H3,(H,15,16). The second kappa shape index (κ2) is 10.3. The molecular formula is C25H24N4O4. The summed E-state index contributed by atoms with van der Waals surface area (Å²) in [6.45, 7) is 5.60. The highest BCUT2D eigenvalue weighted by molar-refractivity contribution is 6.12. The lowest BCUT2D eigenvalue weighted by atomic mass is 10.0. The molecular weight excluding hydrogens is 420 g/mol. The predicted molar refractivity (Wildman–Crippen MR) is 128 cm³/mol. The molecule has 0 spiro atoms. The lowest BCUT2D eigenvalue weighted by Gasteiger charge is -2.19. The minimum atomic E-state index is -0.416. The van der Waals surface area contributed by atoms with Crippen molar-refractivity contribution < 1.29 is 10.2 Å². The summed E-state index contributed by atoms with van der Waals surface area (Å²) in [5.74, 6) is 0.121. The van der Waals surface area contributed by atoms with Gasteiger partial charge in [0.15, 0.2) is 11.5 Å². The number of aromatic hydroxyl groups is 2. The summed E-state index contributed by atoms with van der Waals surface area (Å²) in [5.41, 5.74) is 2.40. The summed E-state index contributed by atoms with van der Waals surface area (Å²) in [4.78, 5) is 35.2. The van der Waals surface area contributed by atoms with Gasteiger partial charge in [-0.25, -0.2) is 9.97 Å². The Kier molecular flexibility index (Phi) is 7.30. The van der Waals surface area contributed by atoms with E-state index in [1.54, 1.807) is 61.9 Å². The SMILES string of the molecule is CC1=C(c2ccccc(=O)c2O)C=NC(C)N1.Cc1ncc(-c2ccccc(=O)c2O)cn1. The maximum absolute atomic E-state index is 11.5. The molecule has 0 saturated heterocycles. The van der Waals surface area contributed by atoms with E-state index in [9.17, 15) is 19.8 Å². The topological polar surface area (TPSA) is 125 Å². The van der Waals surface area contributed by atoms with Crippen molar-refractivity contribution in [2.75, 3.05) is 0 Å². The molecule has 0 fully saturated rings. The molecule has 4 rings (SSSR count). The van der Waals surface area contributed by atoms with Crippen molar-refractivity contribution in [3.8, 4) is 22.6 Å². The predicted octanol–water partition coefficient (Wildman–Crippen LogP) is 3.02. The Bertz CT molecular complexity index is 1340. The van der Waals surface area contributed by atoms with Crippen molar-refractivity contribution in [3.05, 3.63) is 98.5 Å². The van der Waals surface area contributed by atoms with E-state index < -0.39 is 10.9 Å². The van der Waals surface area contributed by atoms with E-state index in [0.29, 0.717) is 22.5 Å². The fourth-order valence-corrected chi connectivity index (χ4v) is 3.14. The third-order valence-electron chi connectivity index (χ3n) is 4.86. The van der Waals surface area contributed by atoms with Gasteiger partial charge in [0.05, 0.1) is 0 Å². The van der Waals surface area contributed by atoms with Crippen LogP contribution < -0.4 is 16.2 Å². The molecule has 2 heterocycles.